The first kappa shape index (κ1) is 15.2. The van der Waals surface area contributed by atoms with Crippen LogP contribution in [-0.4, -0.2) is 30.6 Å². The van der Waals surface area contributed by atoms with Crippen molar-refractivity contribution >= 4 is 28.3 Å². The highest BCUT2D eigenvalue weighted by molar-refractivity contribution is 8.14. The quantitative estimate of drug-likeness (QED) is 0.903. The summed E-state index contributed by atoms with van der Waals surface area (Å²) in [7, 11) is 4.15. The molecule has 1 heterocycles. The van der Waals surface area contributed by atoms with Gasteiger partial charge in [-0.25, -0.2) is 0 Å². The lowest BCUT2D eigenvalue weighted by atomic mass is 9.97. The Hall–Kier alpha value is -1.16. The maximum Gasteiger partial charge on any atom is 0.161 e. The van der Waals surface area contributed by atoms with Crippen LogP contribution >= 0.6 is 11.8 Å². The molecule has 0 aromatic heterocycles. The van der Waals surface area contributed by atoms with Gasteiger partial charge in [0.15, 0.2) is 5.17 Å². The summed E-state index contributed by atoms with van der Waals surface area (Å²) >= 11 is 1.84. The number of thioether (sulfide) groups is 1. The number of aryl methyl sites for hydroxylation is 1. The SMILES string of the molecule is CCC1(CC)CSC(Nc2ccc(C)c(N(C)C)c2)=N1. The lowest BCUT2D eigenvalue weighted by molar-refractivity contribution is 0.456. The number of anilines is 2. The van der Waals surface area contributed by atoms with Crippen LogP contribution in [0.25, 0.3) is 0 Å². The van der Waals surface area contributed by atoms with Gasteiger partial charge in [0.1, 0.15) is 0 Å². The van der Waals surface area contributed by atoms with Crippen LogP contribution in [0.4, 0.5) is 11.4 Å². The van der Waals surface area contributed by atoms with Gasteiger partial charge in [0.05, 0.1) is 5.54 Å². The predicted molar refractivity (Wildman–Crippen MR) is 92.3 cm³/mol. The van der Waals surface area contributed by atoms with E-state index in [-0.39, 0.29) is 5.54 Å². The minimum Gasteiger partial charge on any atom is -0.377 e. The highest BCUT2D eigenvalue weighted by atomic mass is 32.2. The zero-order valence-corrected chi connectivity index (χ0v) is 14.0. The maximum absolute atomic E-state index is 4.90. The molecule has 110 valence electrons. The standard InChI is InChI=1S/C16H25N3S/c1-6-16(7-2)11-20-15(18-16)17-13-9-8-12(3)14(10-13)19(4)5/h8-10H,6-7,11H2,1-5H3,(H,17,18). The fourth-order valence-electron chi connectivity index (χ4n) is 2.45. The third-order valence-corrected chi connectivity index (χ3v) is 5.22. The van der Waals surface area contributed by atoms with Crippen molar-refractivity contribution in [1.29, 1.82) is 0 Å². The number of benzene rings is 1. The summed E-state index contributed by atoms with van der Waals surface area (Å²) in [5.74, 6) is 1.09. The van der Waals surface area contributed by atoms with Crippen LogP contribution in [0.15, 0.2) is 23.2 Å². The Kier molecular flexibility index (Phi) is 4.63. The molecule has 1 aliphatic heterocycles. The van der Waals surface area contributed by atoms with Crippen molar-refractivity contribution in [1.82, 2.24) is 0 Å². The van der Waals surface area contributed by atoms with Crippen molar-refractivity contribution in [2.24, 2.45) is 4.99 Å². The van der Waals surface area contributed by atoms with E-state index in [1.165, 1.54) is 11.3 Å². The fourth-order valence-corrected chi connectivity index (χ4v) is 3.78. The molecule has 0 amide bonds. The number of hydrogen-bond acceptors (Lipinski definition) is 4. The first-order chi connectivity index (χ1) is 9.49. The maximum atomic E-state index is 4.90. The Morgan fingerprint density at radius 2 is 2.00 bits per heavy atom. The van der Waals surface area contributed by atoms with Gasteiger partial charge in [-0.2, -0.15) is 0 Å². The van der Waals surface area contributed by atoms with E-state index in [1.807, 2.05) is 11.8 Å². The second-order valence-electron chi connectivity index (χ2n) is 5.66. The third kappa shape index (κ3) is 3.11. The van der Waals surface area contributed by atoms with Gasteiger partial charge >= 0.3 is 0 Å². The van der Waals surface area contributed by atoms with E-state index >= 15 is 0 Å². The van der Waals surface area contributed by atoms with Crippen molar-refractivity contribution in [3.63, 3.8) is 0 Å². The van der Waals surface area contributed by atoms with E-state index in [4.69, 9.17) is 4.99 Å². The zero-order chi connectivity index (χ0) is 14.8. The smallest absolute Gasteiger partial charge is 0.161 e. The minimum absolute atomic E-state index is 0.141. The van der Waals surface area contributed by atoms with Gasteiger partial charge < -0.3 is 10.2 Å². The van der Waals surface area contributed by atoms with Gasteiger partial charge in [0.25, 0.3) is 0 Å². The van der Waals surface area contributed by atoms with Crippen LogP contribution in [0, 0.1) is 6.92 Å². The number of aliphatic imine (C=N–C) groups is 1. The molecule has 0 saturated carbocycles. The Labute approximate surface area is 126 Å². The van der Waals surface area contributed by atoms with Gasteiger partial charge in [0, 0.05) is 31.2 Å². The molecule has 0 atom stereocenters. The molecule has 1 aromatic carbocycles. The number of hydrogen-bond donors (Lipinski definition) is 1. The fraction of sp³-hybridized carbons (Fsp3) is 0.562. The lowest BCUT2D eigenvalue weighted by Gasteiger charge is -2.20. The molecule has 3 nitrogen and oxygen atoms in total. The molecule has 0 fully saturated rings. The monoisotopic (exact) mass is 291 g/mol. The highest BCUT2D eigenvalue weighted by Gasteiger charge is 2.32. The van der Waals surface area contributed by atoms with Crippen molar-refractivity contribution in [2.45, 2.75) is 39.2 Å². The summed E-state index contributed by atoms with van der Waals surface area (Å²) in [6.45, 7) is 6.60. The number of rotatable bonds is 4. The number of nitrogens with zero attached hydrogens (tertiary/aromatic N) is 2. The van der Waals surface area contributed by atoms with Crippen molar-refractivity contribution in [3.05, 3.63) is 23.8 Å². The molecule has 0 bridgehead atoms. The van der Waals surface area contributed by atoms with Crippen molar-refractivity contribution in [3.8, 4) is 0 Å². The average molecular weight is 291 g/mol. The van der Waals surface area contributed by atoms with E-state index in [1.54, 1.807) is 0 Å². The van der Waals surface area contributed by atoms with E-state index in [9.17, 15) is 0 Å². The molecular formula is C16H25N3S. The zero-order valence-electron chi connectivity index (χ0n) is 13.2. The van der Waals surface area contributed by atoms with Gasteiger partial charge in [-0.15, -0.1) is 0 Å². The minimum atomic E-state index is 0.141. The van der Waals surface area contributed by atoms with E-state index < -0.39 is 0 Å². The summed E-state index contributed by atoms with van der Waals surface area (Å²) in [4.78, 5) is 7.05. The van der Waals surface area contributed by atoms with Crippen LogP contribution in [0.3, 0.4) is 0 Å². The van der Waals surface area contributed by atoms with E-state index in [2.05, 4.69) is 63.3 Å². The molecule has 0 saturated heterocycles. The summed E-state index contributed by atoms with van der Waals surface area (Å²) in [6.07, 6.45) is 2.22. The summed E-state index contributed by atoms with van der Waals surface area (Å²) in [5.41, 5.74) is 3.80. The predicted octanol–water partition coefficient (Wildman–Crippen LogP) is 4.13. The van der Waals surface area contributed by atoms with Gasteiger partial charge in [-0.1, -0.05) is 31.7 Å². The Bertz CT molecular complexity index is 504. The number of amidine groups is 1. The molecule has 4 heteroatoms. The third-order valence-electron chi connectivity index (χ3n) is 4.07. The molecule has 0 spiro atoms. The van der Waals surface area contributed by atoms with Gasteiger partial charge in [0.2, 0.25) is 0 Å². The molecule has 0 aliphatic carbocycles. The molecule has 0 radical (unpaired) electrons. The van der Waals surface area contributed by atoms with Crippen LogP contribution < -0.4 is 10.2 Å². The Balaban J connectivity index is 2.17. The summed E-state index contributed by atoms with van der Waals surface area (Å²) < 4.78 is 0. The van der Waals surface area contributed by atoms with Gasteiger partial charge in [-0.3, -0.25) is 4.99 Å². The molecular weight excluding hydrogens is 266 g/mol. The average Bonchev–Trinajstić information content (AvgIpc) is 2.85. The van der Waals surface area contributed by atoms with Crippen LogP contribution in [0.1, 0.15) is 32.3 Å². The molecule has 2 rings (SSSR count). The number of nitrogens with one attached hydrogen (secondary N) is 1. The first-order valence-corrected chi connectivity index (χ1v) is 8.26. The largest absolute Gasteiger partial charge is 0.377 e. The summed E-state index contributed by atoms with van der Waals surface area (Å²) in [6, 6.07) is 6.48. The first-order valence-electron chi connectivity index (χ1n) is 7.27. The Morgan fingerprint density at radius 3 is 2.55 bits per heavy atom. The van der Waals surface area contributed by atoms with Gasteiger partial charge in [-0.05, 0) is 37.5 Å². The topological polar surface area (TPSA) is 27.6 Å². The second kappa shape index (κ2) is 6.08. The van der Waals surface area contributed by atoms with E-state index in [0.29, 0.717) is 0 Å². The van der Waals surface area contributed by atoms with Crippen molar-refractivity contribution < 1.29 is 0 Å². The van der Waals surface area contributed by atoms with E-state index in [0.717, 1.165) is 29.4 Å². The molecule has 0 unspecified atom stereocenters. The molecule has 20 heavy (non-hydrogen) atoms. The molecule has 1 N–H and O–H groups in total. The lowest BCUT2D eigenvalue weighted by Crippen LogP contribution is -2.24. The molecule has 1 aromatic rings. The summed E-state index contributed by atoms with van der Waals surface area (Å²) in [5, 5.41) is 4.53. The highest BCUT2D eigenvalue weighted by Crippen LogP contribution is 2.34. The van der Waals surface area contributed by atoms with Crippen LogP contribution in [0.5, 0.6) is 0 Å². The Morgan fingerprint density at radius 1 is 1.30 bits per heavy atom. The molecule has 1 aliphatic rings. The normalized spacial score (nSPS) is 16.9. The van der Waals surface area contributed by atoms with Crippen molar-refractivity contribution in [2.75, 3.05) is 30.1 Å². The van der Waals surface area contributed by atoms with Crippen LogP contribution in [0.2, 0.25) is 0 Å². The second-order valence-corrected chi connectivity index (χ2v) is 6.62. The van der Waals surface area contributed by atoms with Crippen LogP contribution in [-0.2, 0) is 0 Å².